The van der Waals surface area contributed by atoms with E-state index in [4.69, 9.17) is 8.92 Å². The lowest BCUT2D eigenvalue weighted by Gasteiger charge is -2.58. The lowest BCUT2D eigenvalue weighted by molar-refractivity contribution is -0.141. The van der Waals surface area contributed by atoms with Crippen molar-refractivity contribution in [3.05, 3.63) is 53.1 Å². The quantitative estimate of drug-likeness (QED) is 0.116. The molecule has 0 aliphatic heterocycles. The van der Waals surface area contributed by atoms with Crippen molar-refractivity contribution in [1.29, 1.82) is 0 Å². The van der Waals surface area contributed by atoms with Crippen molar-refractivity contribution in [3.63, 3.8) is 0 Å². The summed E-state index contributed by atoms with van der Waals surface area (Å²) in [6.45, 7) is 15.4. The number of nitrogens with one attached hydrogen (secondary N) is 1. The minimum absolute atomic E-state index is 0.0677. The average Bonchev–Trinajstić information content (AvgIpc) is 3.40. The Labute approximate surface area is 286 Å². The van der Waals surface area contributed by atoms with Crippen molar-refractivity contribution in [1.82, 2.24) is 5.32 Å². The van der Waals surface area contributed by atoms with Gasteiger partial charge < -0.3 is 15.2 Å². The van der Waals surface area contributed by atoms with Gasteiger partial charge in [-0.3, -0.25) is 9.35 Å². The first-order valence-corrected chi connectivity index (χ1v) is 19.1. The van der Waals surface area contributed by atoms with E-state index >= 15 is 0 Å². The van der Waals surface area contributed by atoms with Gasteiger partial charge in [-0.05, 0) is 128 Å². The number of ether oxygens (including phenoxy) is 1. The fourth-order valence-corrected chi connectivity index (χ4v) is 11.2. The third-order valence-electron chi connectivity index (χ3n) is 13.4. The molecule has 1 unspecified atom stereocenters. The predicted octanol–water partition coefficient (Wildman–Crippen LogP) is 7.70. The predicted molar refractivity (Wildman–Crippen MR) is 184 cm³/mol. The SMILES string of the molecule is C=C(C(=O)N[C@H](C(=O)O)c1ccc(OC)cc1)C(C)CC[C@@H](C)[C@H]1CCC2=C3CC[C@H]4[C@H](C)[C@@H](OS(=O)(=O)O)CC[C@]4(C)[C@H]3CC[C@@]21C. The number of carbonyl (C=O) groups excluding carboxylic acids is 1. The van der Waals surface area contributed by atoms with Crippen LogP contribution in [0.15, 0.2) is 47.6 Å². The standard InChI is InChI=1S/C38H55NO8S/c1-22(24(3)35(40)39-34(36(41)42)26-10-12-27(46-7)13-11-26)8-9-23(2)29-16-17-31-28-14-15-30-25(4)33(47-48(43,44)45)19-21-38(30,6)32(28)18-20-37(29,31)5/h10-13,22-23,25,29-30,32-34H,3,8-9,14-21H2,1-2,4-7H3,(H,39,40)(H,41,42)(H,43,44,45)/t22?,23-,25+,29-,30+,32+,33+,34+,37-,38+/m1/s1. The third-order valence-corrected chi connectivity index (χ3v) is 13.9. The van der Waals surface area contributed by atoms with Crippen LogP contribution in [0.4, 0.5) is 0 Å². The number of amides is 1. The molecule has 0 heterocycles. The molecule has 0 saturated heterocycles. The van der Waals surface area contributed by atoms with Crippen molar-refractivity contribution in [2.45, 2.75) is 111 Å². The van der Waals surface area contributed by atoms with Gasteiger partial charge in [0.15, 0.2) is 6.04 Å². The highest BCUT2D eigenvalue weighted by Gasteiger charge is 2.57. The van der Waals surface area contributed by atoms with Crippen LogP contribution in [0.5, 0.6) is 5.75 Å². The summed E-state index contributed by atoms with van der Waals surface area (Å²) in [5.74, 6) is 0.925. The maximum Gasteiger partial charge on any atom is 0.397 e. The van der Waals surface area contributed by atoms with Gasteiger partial charge in [0.2, 0.25) is 5.91 Å². The van der Waals surface area contributed by atoms with Crippen molar-refractivity contribution < 1.29 is 36.6 Å². The van der Waals surface area contributed by atoms with Crippen molar-refractivity contribution in [3.8, 4) is 5.75 Å². The van der Waals surface area contributed by atoms with Gasteiger partial charge in [0, 0.05) is 5.57 Å². The van der Waals surface area contributed by atoms with Crippen LogP contribution in [-0.2, 0) is 24.2 Å². The van der Waals surface area contributed by atoms with E-state index in [0.717, 1.165) is 51.4 Å². The molecule has 0 radical (unpaired) electrons. The number of carbonyl (C=O) groups is 2. The highest BCUT2D eigenvalue weighted by Crippen LogP contribution is 2.66. The molecule has 48 heavy (non-hydrogen) atoms. The normalized spacial score (nSPS) is 33.4. The first-order chi connectivity index (χ1) is 22.5. The van der Waals surface area contributed by atoms with E-state index in [1.54, 1.807) is 42.5 Å². The van der Waals surface area contributed by atoms with Gasteiger partial charge in [0.25, 0.3) is 0 Å². The number of carboxylic acids is 1. The Morgan fingerprint density at radius 3 is 2.35 bits per heavy atom. The molecule has 5 rings (SSSR count). The second-order valence-electron chi connectivity index (χ2n) is 15.8. The number of hydrogen-bond acceptors (Lipinski definition) is 6. The van der Waals surface area contributed by atoms with E-state index in [1.165, 1.54) is 6.42 Å². The molecule has 3 saturated carbocycles. The van der Waals surface area contributed by atoms with E-state index in [-0.39, 0.29) is 22.7 Å². The van der Waals surface area contributed by atoms with Gasteiger partial charge >= 0.3 is 16.4 Å². The lowest BCUT2D eigenvalue weighted by atomic mass is 9.47. The number of aliphatic carboxylic acids is 1. The Morgan fingerprint density at radius 1 is 1.04 bits per heavy atom. The number of fused-ring (bicyclic) bond motifs is 4. The van der Waals surface area contributed by atoms with Gasteiger partial charge in [-0.2, -0.15) is 8.42 Å². The fraction of sp³-hybridized carbons (Fsp3) is 0.684. The number of methoxy groups -OCH3 is 1. The van der Waals surface area contributed by atoms with Crippen LogP contribution in [-0.4, -0.2) is 43.2 Å². The molecule has 0 aromatic heterocycles. The number of rotatable bonds is 12. The topological polar surface area (TPSA) is 139 Å². The highest BCUT2D eigenvalue weighted by molar-refractivity contribution is 7.80. The molecule has 266 valence electrons. The Bertz CT molecular complexity index is 1540. The third kappa shape index (κ3) is 6.99. The minimum Gasteiger partial charge on any atom is -0.497 e. The highest BCUT2D eigenvalue weighted by atomic mass is 32.3. The average molecular weight is 686 g/mol. The monoisotopic (exact) mass is 685 g/mol. The molecule has 1 aromatic carbocycles. The molecule has 1 amide bonds. The lowest BCUT2D eigenvalue weighted by Crippen LogP contribution is -2.52. The molecule has 0 bridgehead atoms. The molecular formula is C38H55NO8S. The van der Waals surface area contributed by atoms with Gasteiger partial charge in [-0.15, -0.1) is 0 Å². The van der Waals surface area contributed by atoms with Crippen LogP contribution in [0.25, 0.3) is 0 Å². The van der Waals surface area contributed by atoms with E-state index in [2.05, 4.69) is 39.6 Å². The summed E-state index contributed by atoms with van der Waals surface area (Å²) >= 11 is 0. The first-order valence-electron chi connectivity index (χ1n) is 17.7. The fourth-order valence-electron chi connectivity index (χ4n) is 10.6. The summed E-state index contributed by atoms with van der Waals surface area (Å²) in [5.41, 5.74) is 4.48. The Hall–Kier alpha value is -2.69. The molecule has 0 spiro atoms. The van der Waals surface area contributed by atoms with Gasteiger partial charge in [0.1, 0.15) is 5.75 Å². The van der Waals surface area contributed by atoms with Crippen LogP contribution in [0.3, 0.4) is 0 Å². The zero-order valence-electron chi connectivity index (χ0n) is 29.5. The Balaban J connectivity index is 1.21. The molecule has 3 N–H and O–H groups in total. The number of benzene rings is 1. The number of allylic oxidation sites excluding steroid dienone is 2. The molecule has 9 nitrogen and oxygen atoms in total. The zero-order chi connectivity index (χ0) is 35.2. The summed E-state index contributed by atoms with van der Waals surface area (Å²) < 4.78 is 42.7. The molecule has 4 aliphatic rings. The Kier molecular flexibility index (Phi) is 10.6. The van der Waals surface area contributed by atoms with Crippen LogP contribution >= 0.6 is 0 Å². The van der Waals surface area contributed by atoms with Crippen LogP contribution in [0.1, 0.15) is 110 Å². The minimum atomic E-state index is -4.47. The van der Waals surface area contributed by atoms with Crippen LogP contribution < -0.4 is 10.1 Å². The van der Waals surface area contributed by atoms with E-state index < -0.39 is 34.4 Å². The number of carboxylic acid groups (broad SMARTS) is 1. The molecule has 10 atom stereocenters. The van der Waals surface area contributed by atoms with E-state index in [1.807, 2.05) is 6.92 Å². The molecule has 4 aliphatic carbocycles. The summed E-state index contributed by atoms with van der Waals surface area (Å²) in [6.07, 6.45) is 9.54. The molecular weight excluding hydrogens is 630 g/mol. The number of hydrogen-bond donors (Lipinski definition) is 3. The van der Waals surface area contributed by atoms with Crippen LogP contribution in [0.2, 0.25) is 0 Å². The smallest absolute Gasteiger partial charge is 0.397 e. The van der Waals surface area contributed by atoms with Crippen molar-refractivity contribution in [2.24, 2.45) is 46.3 Å². The summed E-state index contributed by atoms with van der Waals surface area (Å²) in [4.78, 5) is 25.2. The van der Waals surface area contributed by atoms with Gasteiger partial charge in [-0.25, -0.2) is 8.98 Å². The Morgan fingerprint density at radius 2 is 1.73 bits per heavy atom. The van der Waals surface area contributed by atoms with Crippen LogP contribution in [0, 0.1) is 46.3 Å². The van der Waals surface area contributed by atoms with Crippen molar-refractivity contribution in [2.75, 3.05) is 7.11 Å². The second kappa shape index (κ2) is 13.9. The zero-order valence-corrected chi connectivity index (χ0v) is 30.3. The first kappa shape index (κ1) is 36.6. The maximum absolute atomic E-state index is 13.1. The molecule has 3 fully saturated rings. The van der Waals surface area contributed by atoms with E-state index in [9.17, 15) is 27.7 Å². The summed E-state index contributed by atoms with van der Waals surface area (Å²) in [7, 11) is -2.93. The second-order valence-corrected chi connectivity index (χ2v) is 16.8. The van der Waals surface area contributed by atoms with Gasteiger partial charge in [0.05, 0.1) is 13.2 Å². The van der Waals surface area contributed by atoms with Crippen molar-refractivity contribution >= 4 is 22.3 Å². The molecule has 1 aromatic rings. The largest absolute Gasteiger partial charge is 0.497 e. The summed E-state index contributed by atoms with van der Waals surface area (Å²) in [5, 5.41) is 12.5. The van der Waals surface area contributed by atoms with Gasteiger partial charge in [-0.1, -0.05) is 64.5 Å². The molecule has 10 heteroatoms. The summed E-state index contributed by atoms with van der Waals surface area (Å²) in [6, 6.07) is 5.47. The van der Waals surface area contributed by atoms with E-state index in [0.29, 0.717) is 47.0 Å². The maximum atomic E-state index is 13.1.